The third kappa shape index (κ3) is 4.15. The van der Waals surface area contributed by atoms with Crippen molar-refractivity contribution in [2.24, 2.45) is 0 Å². The lowest BCUT2D eigenvalue weighted by Gasteiger charge is -2.16. The first-order chi connectivity index (χ1) is 27.7. The van der Waals surface area contributed by atoms with Crippen LogP contribution >= 0.6 is 11.3 Å². The van der Waals surface area contributed by atoms with E-state index in [4.69, 9.17) is 0 Å². The molecule has 0 amide bonds. The van der Waals surface area contributed by atoms with Crippen molar-refractivity contribution in [3.05, 3.63) is 180 Å². The van der Waals surface area contributed by atoms with E-state index in [1.165, 1.54) is 64.0 Å². The molecule has 0 aliphatic heterocycles. The summed E-state index contributed by atoms with van der Waals surface area (Å²) in [4.78, 5) is 0. The molecule has 0 fully saturated rings. The van der Waals surface area contributed by atoms with Crippen molar-refractivity contribution in [1.82, 2.24) is 9.13 Å². The maximum atomic E-state index is 10.6. The predicted octanol–water partition coefficient (Wildman–Crippen LogP) is 13.2. The zero-order valence-electron chi connectivity index (χ0n) is 29.9. The smallest absolute Gasteiger partial charge is 0.0998 e. The Hall–Kier alpha value is -7.44. The quantitative estimate of drug-likeness (QED) is 0.182. The minimum atomic E-state index is 0.521. The van der Waals surface area contributed by atoms with Gasteiger partial charge in [-0.05, 0) is 77.7 Å². The van der Waals surface area contributed by atoms with Gasteiger partial charge in [0.25, 0.3) is 0 Å². The van der Waals surface area contributed by atoms with Crippen LogP contribution in [0.4, 0.5) is 0 Å². The van der Waals surface area contributed by atoms with Crippen molar-refractivity contribution < 1.29 is 0 Å². The summed E-state index contributed by atoms with van der Waals surface area (Å²) in [5, 5.41) is 28.5. The second-order valence-electron chi connectivity index (χ2n) is 14.7. The highest BCUT2D eigenvalue weighted by Crippen LogP contribution is 2.47. The highest BCUT2D eigenvalue weighted by molar-refractivity contribution is 7.26. The van der Waals surface area contributed by atoms with Crippen LogP contribution in [0.5, 0.6) is 0 Å². The van der Waals surface area contributed by atoms with Gasteiger partial charge in [0.05, 0.1) is 50.0 Å². The van der Waals surface area contributed by atoms with Gasteiger partial charge in [-0.3, -0.25) is 0 Å². The van der Waals surface area contributed by atoms with Gasteiger partial charge in [0.1, 0.15) is 0 Å². The van der Waals surface area contributed by atoms with Crippen molar-refractivity contribution in [2.75, 3.05) is 0 Å². The van der Waals surface area contributed by atoms with Crippen molar-refractivity contribution >= 4 is 75.1 Å². The van der Waals surface area contributed by atoms with Crippen molar-refractivity contribution in [3.8, 4) is 45.8 Å². The first-order valence-corrected chi connectivity index (χ1v) is 19.6. The topological polar surface area (TPSA) is 57.4 Å². The van der Waals surface area contributed by atoms with Gasteiger partial charge in [-0.2, -0.15) is 10.5 Å². The van der Waals surface area contributed by atoms with Gasteiger partial charge in [0.15, 0.2) is 0 Å². The standard InChI is InChI=1S/C51H28N4S/c52-28-32-17-20-34(54-45-14-6-3-11-37(45)40-22-19-31-25-30-9-1-2-10-36(30)48(31)49(40)54)26-43(32)44-27-35(21-18-33(44)29-53)55-46-15-7-4-12-38(46)41-23-24-42-39-13-5-8-16-47(39)56-51(42)50(41)55/h1-24,26-27H,25H2. The van der Waals surface area contributed by atoms with E-state index >= 15 is 0 Å². The summed E-state index contributed by atoms with van der Waals surface area (Å²) in [6.45, 7) is 0. The molecule has 3 heterocycles. The van der Waals surface area contributed by atoms with Gasteiger partial charge >= 0.3 is 0 Å². The van der Waals surface area contributed by atoms with Crippen LogP contribution in [0, 0.1) is 22.7 Å². The highest BCUT2D eigenvalue weighted by atomic mass is 32.1. The number of hydrogen-bond acceptors (Lipinski definition) is 3. The van der Waals surface area contributed by atoms with E-state index in [0.717, 1.165) is 51.0 Å². The van der Waals surface area contributed by atoms with E-state index in [-0.39, 0.29) is 0 Å². The molecule has 0 saturated heterocycles. The maximum Gasteiger partial charge on any atom is 0.0998 e. The number of hydrogen-bond donors (Lipinski definition) is 0. The Morgan fingerprint density at radius 1 is 0.446 bits per heavy atom. The lowest BCUT2D eigenvalue weighted by Crippen LogP contribution is -2.00. The summed E-state index contributed by atoms with van der Waals surface area (Å²) in [6.07, 6.45) is 0.899. The van der Waals surface area contributed by atoms with E-state index in [1.807, 2.05) is 29.5 Å². The van der Waals surface area contributed by atoms with E-state index in [1.54, 1.807) is 0 Å². The molecular formula is C51H28N4S. The second-order valence-corrected chi connectivity index (χ2v) is 15.7. The Bertz CT molecular complexity index is 3600. The Labute approximate surface area is 325 Å². The fraction of sp³-hybridized carbons (Fsp3) is 0.0196. The second kappa shape index (κ2) is 11.5. The molecule has 0 radical (unpaired) electrons. The molecule has 4 nitrogen and oxygen atoms in total. The van der Waals surface area contributed by atoms with Crippen molar-refractivity contribution in [1.29, 1.82) is 10.5 Å². The lowest BCUT2D eigenvalue weighted by molar-refractivity contribution is 1.17. The molecule has 0 N–H and O–H groups in total. The van der Waals surface area contributed by atoms with Gasteiger partial charge in [-0.1, -0.05) is 103 Å². The Balaban J connectivity index is 1.14. The average Bonchev–Trinajstić information content (AvgIpc) is 4.01. The molecular weight excluding hydrogens is 701 g/mol. The SMILES string of the molecule is N#Cc1ccc(-n2c3ccccc3c3ccc4c(c32)-c2ccccc2C4)cc1-c1cc(-n2c3ccccc3c3ccc4c5ccccc5sc4c32)ccc1C#N. The van der Waals surface area contributed by atoms with Crippen LogP contribution in [-0.2, 0) is 6.42 Å². The molecule has 1 aliphatic rings. The molecule has 0 spiro atoms. The number of benzene rings is 8. The minimum Gasteiger partial charge on any atom is -0.309 e. The van der Waals surface area contributed by atoms with Crippen LogP contribution in [0.1, 0.15) is 22.3 Å². The molecule has 0 bridgehead atoms. The fourth-order valence-electron chi connectivity index (χ4n) is 9.42. The number of thiophene rings is 1. The molecule has 5 heteroatoms. The van der Waals surface area contributed by atoms with Gasteiger partial charge in [-0.15, -0.1) is 11.3 Å². The fourth-order valence-corrected chi connectivity index (χ4v) is 10.7. The van der Waals surface area contributed by atoms with Gasteiger partial charge in [0, 0.05) is 65.1 Å². The van der Waals surface area contributed by atoms with Gasteiger partial charge in [0.2, 0.25) is 0 Å². The summed E-state index contributed by atoms with van der Waals surface area (Å²) in [7, 11) is 0. The lowest BCUT2D eigenvalue weighted by atomic mass is 9.94. The summed E-state index contributed by atoms with van der Waals surface area (Å²) in [5.41, 5.74) is 14.1. The van der Waals surface area contributed by atoms with Crippen LogP contribution in [0.15, 0.2) is 158 Å². The Morgan fingerprint density at radius 3 is 1.70 bits per heavy atom. The maximum absolute atomic E-state index is 10.6. The number of rotatable bonds is 3. The molecule has 3 aromatic heterocycles. The van der Waals surface area contributed by atoms with Gasteiger partial charge in [-0.25, -0.2) is 0 Å². The van der Waals surface area contributed by atoms with Crippen molar-refractivity contribution in [2.45, 2.75) is 6.42 Å². The van der Waals surface area contributed by atoms with E-state index < -0.39 is 0 Å². The van der Waals surface area contributed by atoms with Crippen LogP contribution < -0.4 is 0 Å². The molecule has 11 aromatic rings. The summed E-state index contributed by atoms with van der Waals surface area (Å²) in [5.74, 6) is 0. The number of para-hydroxylation sites is 2. The molecule has 1 aliphatic carbocycles. The third-order valence-electron chi connectivity index (χ3n) is 11.8. The van der Waals surface area contributed by atoms with Crippen LogP contribution in [0.2, 0.25) is 0 Å². The first-order valence-electron chi connectivity index (χ1n) is 18.8. The summed E-state index contributed by atoms with van der Waals surface area (Å²) in [6, 6.07) is 60.6. The van der Waals surface area contributed by atoms with Crippen molar-refractivity contribution in [3.63, 3.8) is 0 Å². The summed E-state index contributed by atoms with van der Waals surface area (Å²) >= 11 is 1.82. The Morgan fingerprint density at radius 2 is 1.00 bits per heavy atom. The zero-order valence-corrected chi connectivity index (χ0v) is 30.7. The molecule has 12 rings (SSSR count). The molecule has 258 valence electrons. The predicted molar refractivity (Wildman–Crippen MR) is 231 cm³/mol. The van der Waals surface area contributed by atoms with E-state index in [2.05, 4.69) is 161 Å². The molecule has 0 unspecified atom stereocenters. The first kappa shape index (κ1) is 31.0. The monoisotopic (exact) mass is 728 g/mol. The van der Waals surface area contributed by atoms with E-state index in [9.17, 15) is 10.5 Å². The molecule has 0 atom stereocenters. The average molecular weight is 729 g/mol. The number of fused-ring (bicyclic) bond motifs is 14. The Kier molecular flexibility index (Phi) is 6.38. The van der Waals surface area contributed by atoms with Crippen LogP contribution in [0.3, 0.4) is 0 Å². The minimum absolute atomic E-state index is 0.521. The number of nitriles is 2. The number of nitrogens with zero attached hydrogens (tertiary/aromatic N) is 4. The van der Waals surface area contributed by atoms with Crippen LogP contribution in [-0.4, -0.2) is 9.13 Å². The number of aromatic nitrogens is 2. The largest absolute Gasteiger partial charge is 0.309 e. The molecule has 8 aromatic carbocycles. The highest BCUT2D eigenvalue weighted by Gasteiger charge is 2.26. The molecule has 56 heavy (non-hydrogen) atoms. The normalized spacial score (nSPS) is 12.2. The van der Waals surface area contributed by atoms with Gasteiger partial charge < -0.3 is 9.13 Å². The summed E-state index contributed by atoms with van der Waals surface area (Å²) < 4.78 is 7.18. The molecule has 0 saturated carbocycles. The van der Waals surface area contributed by atoms with Crippen LogP contribution in [0.25, 0.3) is 97.4 Å². The third-order valence-corrected chi connectivity index (χ3v) is 13.0. The van der Waals surface area contributed by atoms with E-state index in [0.29, 0.717) is 11.1 Å². The zero-order chi connectivity index (χ0) is 37.1.